The minimum Gasteiger partial charge on any atom is -0.388 e. The van der Waals surface area contributed by atoms with Gasteiger partial charge in [0.2, 0.25) is 0 Å². The lowest BCUT2D eigenvalue weighted by Crippen LogP contribution is -2.03. The van der Waals surface area contributed by atoms with E-state index in [1.807, 2.05) is 0 Å². The molecule has 0 aliphatic carbocycles. The molecular weight excluding hydrogens is 136 g/mol. The highest BCUT2D eigenvalue weighted by Gasteiger charge is 2.02. The Labute approximate surface area is 69.4 Å². The van der Waals surface area contributed by atoms with Gasteiger partial charge in [-0.2, -0.15) is 0 Å². The van der Waals surface area contributed by atoms with Crippen LogP contribution in [-0.4, -0.2) is 11.2 Å². The molecular formula is C10H18O. The first-order valence-corrected chi connectivity index (χ1v) is 4.29. The second-order valence-corrected chi connectivity index (χ2v) is 2.84. The molecule has 0 fully saturated rings. The van der Waals surface area contributed by atoms with Gasteiger partial charge < -0.3 is 5.11 Å². The average molecular weight is 154 g/mol. The summed E-state index contributed by atoms with van der Waals surface area (Å²) < 4.78 is 0. The molecule has 0 radical (unpaired) electrons. The zero-order valence-corrected chi connectivity index (χ0v) is 7.56. The van der Waals surface area contributed by atoms with E-state index in [-0.39, 0.29) is 6.10 Å². The van der Waals surface area contributed by atoms with E-state index in [4.69, 9.17) is 0 Å². The fourth-order valence-corrected chi connectivity index (χ4v) is 1.01. The second kappa shape index (κ2) is 6.21. The molecule has 0 unspecified atom stereocenters. The lowest BCUT2D eigenvalue weighted by atomic mass is 10.0. The summed E-state index contributed by atoms with van der Waals surface area (Å²) in [5.74, 6) is 0. The number of unbranched alkanes of at least 4 members (excludes halogenated alkanes) is 2. The molecule has 0 saturated heterocycles. The summed E-state index contributed by atoms with van der Waals surface area (Å²) in [6.45, 7) is 7.47. The van der Waals surface area contributed by atoms with Crippen molar-refractivity contribution in [2.24, 2.45) is 0 Å². The number of hydrogen-bond donors (Lipinski definition) is 1. The Kier molecular flexibility index (Phi) is 5.91. The molecule has 0 rings (SSSR count). The molecule has 0 aliphatic rings. The molecule has 11 heavy (non-hydrogen) atoms. The van der Waals surface area contributed by atoms with Crippen LogP contribution >= 0.6 is 0 Å². The zero-order chi connectivity index (χ0) is 8.69. The topological polar surface area (TPSA) is 20.2 Å². The normalized spacial score (nSPS) is 12.3. The van der Waals surface area contributed by atoms with Crippen molar-refractivity contribution in [3.63, 3.8) is 0 Å². The molecule has 0 aromatic rings. The molecule has 1 atom stereocenters. The zero-order valence-electron chi connectivity index (χ0n) is 7.56. The first-order chi connectivity index (χ1) is 5.22. The fourth-order valence-electron chi connectivity index (χ4n) is 1.01. The summed E-state index contributed by atoms with van der Waals surface area (Å²) in [5.41, 5.74) is 3.72. The number of aliphatic hydroxyl groups excluding tert-OH is 1. The molecule has 0 bridgehead atoms. The van der Waals surface area contributed by atoms with Crippen molar-refractivity contribution >= 4 is 0 Å². The Balaban J connectivity index is 3.64. The van der Waals surface area contributed by atoms with Crippen molar-refractivity contribution in [1.29, 1.82) is 0 Å². The maximum atomic E-state index is 9.17. The molecule has 0 aromatic heterocycles. The molecule has 0 heterocycles. The van der Waals surface area contributed by atoms with E-state index in [1.165, 1.54) is 12.8 Å². The molecule has 64 valence electrons. The van der Waals surface area contributed by atoms with Crippen LogP contribution in [-0.2, 0) is 0 Å². The minimum absolute atomic E-state index is 0.371. The van der Waals surface area contributed by atoms with Gasteiger partial charge in [-0.05, 0) is 25.3 Å². The smallest absolute Gasteiger partial charge is 0.0795 e. The quantitative estimate of drug-likeness (QED) is 0.477. The van der Waals surface area contributed by atoms with Crippen LogP contribution in [0.15, 0.2) is 17.9 Å². The highest BCUT2D eigenvalue weighted by molar-refractivity contribution is 5.03. The van der Waals surface area contributed by atoms with Gasteiger partial charge in [-0.3, -0.25) is 0 Å². The Bertz CT molecular complexity index is 141. The molecule has 0 amide bonds. The summed E-state index contributed by atoms with van der Waals surface area (Å²) >= 11 is 0. The SMILES string of the molecule is C=C=C(CCCCC)[C@H](C)O. The van der Waals surface area contributed by atoms with Crippen LogP contribution in [0, 0.1) is 0 Å². The van der Waals surface area contributed by atoms with Crippen molar-refractivity contribution in [1.82, 2.24) is 0 Å². The van der Waals surface area contributed by atoms with Crippen molar-refractivity contribution in [3.05, 3.63) is 17.9 Å². The van der Waals surface area contributed by atoms with Crippen LogP contribution in [0.4, 0.5) is 0 Å². The van der Waals surface area contributed by atoms with Crippen molar-refractivity contribution < 1.29 is 5.11 Å². The van der Waals surface area contributed by atoms with E-state index < -0.39 is 0 Å². The fraction of sp³-hybridized carbons (Fsp3) is 0.700. The number of hydrogen-bond acceptors (Lipinski definition) is 1. The van der Waals surface area contributed by atoms with E-state index in [2.05, 4.69) is 19.2 Å². The first kappa shape index (κ1) is 10.5. The monoisotopic (exact) mass is 154 g/mol. The summed E-state index contributed by atoms with van der Waals surface area (Å²) in [6, 6.07) is 0. The van der Waals surface area contributed by atoms with Crippen molar-refractivity contribution in [3.8, 4) is 0 Å². The van der Waals surface area contributed by atoms with E-state index in [0.29, 0.717) is 0 Å². The van der Waals surface area contributed by atoms with Gasteiger partial charge in [0.05, 0.1) is 6.10 Å². The summed E-state index contributed by atoms with van der Waals surface area (Å²) in [4.78, 5) is 0. The summed E-state index contributed by atoms with van der Waals surface area (Å²) in [7, 11) is 0. The molecule has 0 aromatic carbocycles. The van der Waals surface area contributed by atoms with Crippen molar-refractivity contribution in [2.75, 3.05) is 0 Å². The predicted molar refractivity (Wildman–Crippen MR) is 48.5 cm³/mol. The molecule has 0 aliphatic heterocycles. The van der Waals surface area contributed by atoms with Crippen LogP contribution in [0.2, 0.25) is 0 Å². The van der Waals surface area contributed by atoms with Crippen LogP contribution < -0.4 is 0 Å². The van der Waals surface area contributed by atoms with Crippen LogP contribution in [0.1, 0.15) is 39.5 Å². The van der Waals surface area contributed by atoms with Gasteiger partial charge in [0.25, 0.3) is 0 Å². The Hall–Kier alpha value is -0.520. The molecule has 0 saturated carbocycles. The van der Waals surface area contributed by atoms with Gasteiger partial charge in [0, 0.05) is 0 Å². The second-order valence-electron chi connectivity index (χ2n) is 2.84. The van der Waals surface area contributed by atoms with Crippen molar-refractivity contribution in [2.45, 2.75) is 45.6 Å². The number of aliphatic hydroxyl groups is 1. The average Bonchev–Trinajstić information content (AvgIpc) is 1.97. The lowest BCUT2D eigenvalue weighted by Gasteiger charge is -2.06. The maximum Gasteiger partial charge on any atom is 0.0795 e. The highest BCUT2D eigenvalue weighted by atomic mass is 16.3. The summed E-state index contributed by atoms with van der Waals surface area (Å²) in [5, 5.41) is 9.17. The Morgan fingerprint density at radius 2 is 2.18 bits per heavy atom. The molecule has 1 nitrogen and oxygen atoms in total. The molecule has 1 heteroatoms. The van der Waals surface area contributed by atoms with E-state index in [0.717, 1.165) is 18.4 Å². The van der Waals surface area contributed by atoms with Gasteiger partial charge in [0.15, 0.2) is 0 Å². The van der Waals surface area contributed by atoms with Crippen LogP contribution in [0.25, 0.3) is 0 Å². The van der Waals surface area contributed by atoms with Gasteiger partial charge >= 0.3 is 0 Å². The minimum atomic E-state index is -0.371. The predicted octanol–water partition coefficient (Wildman–Crippen LogP) is 2.66. The third kappa shape index (κ3) is 4.83. The molecule has 1 N–H and O–H groups in total. The van der Waals surface area contributed by atoms with Crippen LogP contribution in [0.5, 0.6) is 0 Å². The lowest BCUT2D eigenvalue weighted by molar-refractivity contribution is 0.226. The third-order valence-corrected chi connectivity index (χ3v) is 1.78. The third-order valence-electron chi connectivity index (χ3n) is 1.78. The van der Waals surface area contributed by atoms with Gasteiger partial charge in [0.1, 0.15) is 0 Å². The van der Waals surface area contributed by atoms with Gasteiger partial charge in [-0.25, -0.2) is 0 Å². The summed E-state index contributed by atoms with van der Waals surface area (Å²) in [6.07, 6.45) is 4.14. The standard InChI is InChI=1S/C10H18O/c1-4-6-7-8-10(5-2)9(3)11/h9,11H,2,4,6-8H2,1,3H3/t9-/m0/s1. The highest BCUT2D eigenvalue weighted by Crippen LogP contribution is 2.10. The van der Waals surface area contributed by atoms with Gasteiger partial charge in [-0.1, -0.05) is 26.3 Å². The van der Waals surface area contributed by atoms with E-state index in [9.17, 15) is 5.11 Å². The molecule has 0 spiro atoms. The first-order valence-electron chi connectivity index (χ1n) is 4.29. The largest absolute Gasteiger partial charge is 0.388 e. The maximum absolute atomic E-state index is 9.17. The van der Waals surface area contributed by atoms with Gasteiger partial charge in [-0.15, -0.1) is 5.73 Å². The Morgan fingerprint density at radius 3 is 2.55 bits per heavy atom. The number of rotatable bonds is 5. The Morgan fingerprint density at radius 1 is 1.55 bits per heavy atom. The van der Waals surface area contributed by atoms with E-state index in [1.54, 1.807) is 6.92 Å². The van der Waals surface area contributed by atoms with E-state index >= 15 is 0 Å². The van der Waals surface area contributed by atoms with Crippen LogP contribution in [0.3, 0.4) is 0 Å².